The molecule has 0 radical (unpaired) electrons. The third-order valence-electron chi connectivity index (χ3n) is 2.87. The fourth-order valence-electron chi connectivity index (χ4n) is 1.71. The van der Waals surface area contributed by atoms with Crippen LogP contribution in [0.1, 0.15) is 26.7 Å². The van der Waals surface area contributed by atoms with Crippen LogP contribution in [0.2, 0.25) is 0 Å². The van der Waals surface area contributed by atoms with Gasteiger partial charge in [0.1, 0.15) is 5.66 Å². The third kappa shape index (κ3) is 6.04. The maximum absolute atomic E-state index is 12.4. The van der Waals surface area contributed by atoms with Crippen molar-refractivity contribution in [3.05, 3.63) is 24.8 Å². The molecule has 3 atom stereocenters. The summed E-state index contributed by atoms with van der Waals surface area (Å²) in [5.41, 5.74) is -1.09. The smallest absolute Gasteiger partial charge is 0.341 e. The highest BCUT2D eigenvalue weighted by Crippen LogP contribution is 2.51. The van der Waals surface area contributed by atoms with Gasteiger partial charge < -0.3 is 14.3 Å². The van der Waals surface area contributed by atoms with Gasteiger partial charge in [-0.1, -0.05) is 45.1 Å². The van der Waals surface area contributed by atoms with E-state index in [4.69, 9.17) is 4.52 Å². The topological polar surface area (TPSA) is 66.8 Å². The molecule has 0 saturated heterocycles. The Bertz CT molecular complexity index is 393. The lowest BCUT2D eigenvalue weighted by Gasteiger charge is -2.27. The number of hydrogen-bond acceptors (Lipinski definition) is 3. The monoisotopic (exact) mass is 303 g/mol. The van der Waals surface area contributed by atoms with Gasteiger partial charge in [0.25, 0.3) is 0 Å². The largest absolute Gasteiger partial charge is 0.348 e. The molecule has 1 N–H and O–H groups in total. The fourth-order valence-corrected chi connectivity index (χ4v) is 3.46. The van der Waals surface area contributed by atoms with Crippen molar-refractivity contribution in [2.75, 3.05) is 20.7 Å². The first-order valence-electron chi connectivity index (χ1n) is 6.75. The Morgan fingerprint density at radius 1 is 1.50 bits per heavy atom. The van der Waals surface area contributed by atoms with Gasteiger partial charge in [-0.15, -0.1) is 0 Å². The normalized spacial score (nSPS) is 17.4. The molecule has 0 aromatic rings. The fraction of sp³-hybridized carbons (Fsp3) is 0.643. The molecule has 0 heterocycles. The Morgan fingerprint density at radius 2 is 2.10 bits per heavy atom. The summed E-state index contributed by atoms with van der Waals surface area (Å²) < 4.78 is 17.5. The highest BCUT2D eigenvalue weighted by atomic mass is 31.2. The minimum atomic E-state index is -4.02. The first-order chi connectivity index (χ1) is 9.27. The van der Waals surface area contributed by atoms with Gasteiger partial charge in [0.2, 0.25) is 5.91 Å². The molecule has 1 amide bonds. The van der Waals surface area contributed by atoms with Crippen LogP contribution < -0.4 is 0 Å². The highest BCUT2D eigenvalue weighted by Gasteiger charge is 2.42. The summed E-state index contributed by atoms with van der Waals surface area (Å²) in [4.78, 5) is 23.6. The molecule has 0 spiro atoms. The van der Waals surface area contributed by atoms with E-state index >= 15 is 0 Å². The molecule has 0 rings (SSSR count). The molecule has 0 aliphatic carbocycles. The maximum atomic E-state index is 12.4. The number of carbonyl (C=O) groups excluding carboxylic acids is 1. The quantitative estimate of drug-likeness (QED) is 0.404. The van der Waals surface area contributed by atoms with Crippen LogP contribution in [0.4, 0.5) is 0 Å². The Labute approximate surface area is 121 Å². The number of amides is 1. The van der Waals surface area contributed by atoms with Crippen LogP contribution in [0, 0.1) is 5.92 Å². The van der Waals surface area contributed by atoms with Crippen molar-refractivity contribution < 1.29 is 18.8 Å². The first-order valence-corrected chi connectivity index (χ1v) is 8.40. The third-order valence-corrected chi connectivity index (χ3v) is 4.81. The number of unbranched alkanes of at least 4 members (excludes halogenated alkanes) is 1. The van der Waals surface area contributed by atoms with Crippen molar-refractivity contribution in [3.8, 4) is 0 Å². The van der Waals surface area contributed by atoms with Gasteiger partial charge in [-0.3, -0.25) is 9.36 Å². The SMILES string of the molecule is C=C/C=C/C(C)C(C(=O)N(C)C)P(=O)(O)OCCCC. The van der Waals surface area contributed by atoms with Crippen molar-refractivity contribution >= 4 is 13.5 Å². The molecular formula is C14H26NO4P. The molecule has 0 fully saturated rings. The van der Waals surface area contributed by atoms with Crippen molar-refractivity contribution in [3.63, 3.8) is 0 Å². The van der Waals surface area contributed by atoms with E-state index in [1.807, 2.05) is 6.92 Å². The zero-order chi connectivity index (χ0) is 15.8. The van der Waals surface area contributed by atoms with E-state index < -0.39 is 25.1 Å². The summed E-state index contributed by atoms with van der Waals surface area (Å²) in [5.74, 6) is -0.825. The molecule has 0 bridgehead atoms. The summed E-state index contributed by atoms with van der Waals surface area (Å²) in [6.45, 7) is 7.41. The van der Waals surface area contributed by atoms with Crippen molar-refractivity contribution in [1.29, 1.82) is 0 Å². The van der Waals surface area contributed by atoms with Crippen LogP contribution in [0.15, 0.2) is 24.8 Å². The predicted molar refractivity (Wildman–Crippen MR) is 81.7 cm³/mol. The summed E-state index contributed by atoms with van der Waals surface area (Å²) in [7, 11) is -0.894. The molecule has 0 aromatic carbocycles. The van der Waals surface area contributed by atoms with Crippen molar-refractivity contribution in [2.24, 2.45) is 5.92 Å². The number of hydrogen-bond donors (Lipinski definition) is 1. The molecule has 0 aliphatic rings. The van der Waals surface area contributed by atoms with Gasteiger partial charge in [0.05, 0.1) is 6.61 Å². The number of nitrogens with zero attached hydrogens (tertiary/aromatic N) is 1. The standard InChI is InChI=1S/C14H26NO4P/c1-6-8-10-12(3)13(14(16)15(4)5)20(17,18)19-11-9-7-2/h6,8,10,12-13H,1,7,9,11H2,2-5H3,(H,17,18)/b10-8+. The minimum Gasteiger partial charge on any atom is -0.348 e. The Balaban J connectivity index is 5.19. The van der Waals surface area contributed by atoms with Crippen LogP contribution in [0.25, 0.3) is 0 Å². The molecule has 0 aromatic heterocycles. The van der Waals surface area contributed by atoms with E-state index in [0.29, 0.717) is 6.42 Å². The van der Waals surface area contributed by atoms with Gasteiger partial charge in [-0.05, 0) is 12.3 Å². The van der Waals surface area contributed by atoms with Gasteiger partial charge in [0.15, 0.2) is 0 Å². The summed E-state index contributed by atoms with van der Waals surface area (Å²) in [5, 5.41) is 0. The molecule has 5 nitrogen and oxygen atoms in total. The lowest BCUT2D eigenvalue weighted by Crippen LogP contribution is -2.37. The van der Waals surface area contributed by atoms with E-state index in [9.17, 15) is 14.3 Å². The van der Waals surface area contributed by atoms with Crippen LogP contribution in [0.5, 0.6) is 0 Å². The van der Waals surface area contributed by atoms with Crippen LogP contribution in [-0.4, -0.2) is 42.1 Å². The molecule has 0 saturated carbocycles. The second-order valence-electron chi connectivity index (χ2n) is 4.91. The molecule has 3 unspecified atom stereocenters. The van der Waals surface area contributed by atoms with Gasteiger partial charge in [0, 0.05) is 14.1 Å². The number of allylic oxidation sites excluding steroid dienone is 3. The van der Waals surface area contributed by atoms with Crippen LogP contribution in [-0.2, 0) is 13.9 Å². The van der Waals surface area contributed by atoms with E-state index in [-0.39, 0.29) is 6.61 Å². The highest BCUT2D eigenvalue weighted by molar-refractivity contribution is 7.54. The summed E-state index contributed by atoms with van der Waals surface area (Å²) >= 11 is 0. The Kier molecular flexibility index (Phi) is 8.70. The van der Waals surface area contributed by atoms with E-state index in [0.717, 1.165) is 6.42 Å². The van der Waals surface area contributed by atoms with E-state index in [1.54, 1.807) is 39.2 Å². The van der Waals surface area contributed by atoms with Gasteiger partial charge in [-0.2, -0.15) is 0 Å². The zero-order valence-corrected chi connectivity index (χ0v) is 13.7. The Hall–Kier alpha value is -0.900. The lowest BCUT2D eigenvalue weighted by molar-refractivity contribution is -0.129. The molecule has 20 heavy (non-hydrogen) atoms. The molecule has 0 aliphatic heterocycles. The van der Waals surface area contributed by atoms with Gasteiger partial charge >= 0.3 is 7.60 Å². The average molecular weight is 303 g/mol. The number of carbonyl (C=O) groups is 1. The lowest BCUT2D eigenvalue weighted by atomic mass is 10.1. The second kappa shape index (κ2) is 9.11. The maximum Gasteiger partial charge on any atom is 0.341 e. The summed E-state index contributed by atoms with van der Waals surface area (Å²) in [6, 6.07) is 0. The van der Waals surface area contributed by atoms with Crippen molar-refractivity contribution in [2.45, 2.75) is 32.3 Å². The zero-order valence-electron chi connectivity index (χ0n) is 12.8. The number of rotatable bonds is 9. The van der Waals surface area contributed by atoms with E-state index in [1.165, 1.54) is 4.90 Å². The molecule has 116 valence electrons. The van der Waals surface area contributed by atoms with E-state index in [2.05, 4.69) is 6.58 Å². The summed E-state index contributed by atoms with van der Waals surface area (Å²) in [6.07, 6.45) is 6.45. The molecular weight excluding hydrogens is 277 g/mol. The molecule has 6 heteroatoms. The Morgan fingerprint density at radius 3 is 2.55 bits per heavy atom. The average Bonchev–Trinajstić information content (AvgIpc) is 2.36. The minimum absolute atomic E-state index is 0.180. The predicted octanol–water partition coefficient (Wildman–Crippen LogP) is 2.82. The second-order valence-corrected chi connectivity index (χ2v) is 6.85. The first kappa shape index (κ1) is 19.1. The van der Waals surface area contributed by atoms with Crippen molar-refractivity contribution in [1.82, 2.24) is 4.90 Å². The van der Waals surface area contributed by atoms with Crippen LogP contribution >= 0.6 is 7.60 Å². The van der Waals surface area contributed by atoms with Crippen LogP contribution in [0.3, 0.4) is 0 Å². The van der Waals surface area contributed by atoms with Gasteiger partial charge in [-0.25, -0.2) is 0 Å².